The van der Waals surface area contributed by atoms with Crippen LogP contribution in [0.2, 0.25) is 0 Å². The topological polar surface area (TPSA) is 74.5 Å². The Morgan fingerprint density at radius 3 is 2.67 bits per heavy atom. The second-order valence-electron chi connectivity index (χ2n) is 4.40. The van der Waals surface area contributed by atoms with E-state index in [1.807, 2.05) is 13.8 Å². The first-order chi connectivity index (χ1) is 10.3. The van der Waals surface area contributed by atoms with Crippen molar-refractivity contribution in [3.8, 4) is 11.5 Å². The number of carbonyl (C=O) groups is 1. The first-order valence-corrected chi connectivity index (χ1v) is 6.92. The molecule has 0 N–H and O–H groups in total. The summed E-state index contributed by atoms with van der Waals surface area (Å²) in [5.74, 6) is 2.04. The molecule has 0 spiro atoms. The lowest BCUT2D eigenvalue weighted by molar-refractivity contribution is 0.111. The van der Waals surface area contributed by atoms with E-state index in [0.29, 0.717) is 41.9 Å². The molecule has 0 bridgehead atoms. The number of aromatic nitrogens is 2. The van der Waals surface area contributed by atoms with E-state index in [4.69, 9.17) is 13.9 Å². The highest BCUT2D eigenvalue weighted by atomic mass is 16.5. The predicted molar refractivity (Wildman–Crippen MR) is 75.6 cm³/mol. The van der Waals surface area contributed by atoms with Gasteiger partial charge in [-0.05, 0) is 18.6 Å². The number of aldehydes is 1. The van der Waals surface area contributed by atoms with Crippen LogP contribution in [0.1, 0.15) is 42.4 Å². The number of rotatable bonds is 8. The number of nitrogens with zero attached hydrogens (tertiary/aromatic N) is 2. The van der Waals surface area contributed by atoms with Gasteiger partial charge in [0.05, 0.1) is 12.2 Å². The molecule has 0 atom stereocenters. The zero-order valence-corrected chi connectivity index (χ0v) is 12.2. The van der Waals surface area contributed by atoms with Gasteiger partial charge in [-0.15, -0.1) is 10.2 Å². The molecule has 0 unspecified atom stereocenters. The summed E-state index contributed by atoms with van der Waals surface area (Å²) in [5, 5.41) is 7.73. The Morgan fingerprint density at radius 1 is 1.19 bits per heavy atom. The number of hydrogen-bond acceptors (Lipinski definition) is 6. The molecule has 1 aromatic carbocycles. The van der Waals surface area contributed by atoms with Crippen LogP contribution < -0.4 is 9.47 Å². The van der Waals surface area contributed by atoms with Gasteiger partial charge in [-0.3, -0.25) is 4.79 Å². The van der Waals surface area contributed by atoms with Crippen LogP contribution in [0.3, 0.4) is 0 Å². The summed E-state index contributed by atoms with van der Waals surface area (Å²) in [6, 6.07) is 5.10. The third-order valence-electron chi connectivity index (χ3n) is 2.75. The van der Waals surface area contributed by atoms with Gasteiger partial charge in [0.1, 0.15) is 11.5 Å². The van der Waals surface area contributed by atoms with Gasteiger partial charge >= 0.3 is 0 Å². The van der Waals surface area contributed by atoms with Gasteiger partial charge in [-0.25, -0.2) is 0 Å². The molecule has 2 rings (SSSR count). The van der Waals surface area contributed by atoms with Crippen molar-refractivity contribution in [3.63, 3.8) is 0 Å². The van der Waals surface area contributed by atoms with Crippen LogP contribution in [0.25, 0.3) is 0 Å². The summed E-state index contributed by atoms with van der Waals surface area (Å²) in [6.45, 7) is 4.68. The molecule has 112 valence electrons. The molecule has 0 saturated heterocycles. The van der Waals surface area contributed by atoms with Gasteiger partial charge in [0.2, 0.25) is 5.89 Å². The molecule has 1 heterocycles. The molecule has 0 amide bonds. The molecule has 0 saturated carbocycles. The number of hydrogen-bond donors (Lipinski definition) is 0. The molecule has 0 aliphatic carbocycles. The second kappa shape index (κ2) is 7.42. The Kier molecular flexibility index (Phi) is 5.31. The summed E-state index contributed by atoms with van der Waals surface area (Å²) < 4.78 is 16.5. The van der Waals surface area contributed by atoms with Gasteiger partial charge in [0.15, 0.2) is 12.9 Å². The van der Waals surface area contributed by atoms with Crippen molar-refractivity contribution in [1.82, 2.24) is 10.2 Å². The van der Waals surface area contributed by atoms with Gasteiger partial charge < -0.3 is 13.9 Å². The van der Waals surface area contributed by atoms with E-state index in [-0.39, 0.29) is 6.61 Å². The van der Waals surface area contributed by atoms with Gasteiger partial charge in [-0.2, -0.15) is 0 Å². The molecule has 21 heavy (non-hydrogen) atoms. The zero-order valence-electron chi connectivity index (χ0n) is 12.2. The fraction of sp³-hybridized carbons (Fsp3) is 0.400. The monoisotopic (exact) mass is 290 g/mol. The molecule has 6 heteroatoms. The lowest BCUT2D eigenvalue weighted by Gasteiger charge is -2.09. The number of aryl methyl sites for hydroxylation is 1. The standard InChI is InChI=1S/C15H18N2O4/c1-3-7-19-12-6-5-11(9-18)13(8-12)20-10-15-17-16-14(4-2)21-15/h5-6,8-9H,3-4,7,10H2,1-2H3. The van der Waals surface area contributed by atoms with Crippen molar-refractivity contribution in [2.24, 2.45) is 0 Å². The molecular weight excluding hydrogens is 272 g/mol. The highest BCUT2D eigenvalue weighted by molar-refractivity contribution is 5.79. The van der Waals surface area contributed by atoms with Crippen LogP contribution in [0.4, 0.5) is 0 Å². The molecule has 1 aromatic heterocycles. The minimum atomic E-state index is 0.116. The first kappa shape index (κ1) is 15.0. The quantitative estimate of drug-likeness (QED) is 0.696. The maximum absolute atomic E-state index is 11.0. The molecular formula is C15H18N2O4. The second-order valence-corrected chi connectivity index (χ2v) is 4.40. The van der Waals surface area contributed by atoms with E-state index in [9.17, 15) is 4.79 Å². The van der Waals surface area contributed by atoms with Crippen LogP contribution in [-0.2, 0) is 13.0 Å². The largest absolute Gasteiger partial charge is 0.493 e. The zero-order chi connectivity index (χ0) is 15.1. The summed E-state index contributed by atoms with van der Waals surface area (Å²) in [6.07, 6.45) is 2.32. The smallest absolute Gasteiger partial charge is 0.253 e. The normalized spacial score (nSPS) is 10.4. The summed E-state index contributed by atoms with van der Waals surface area (Å²) >= 11 is 0. The van der Waals surface area contributed by atoms with Crippen LogP contribution in [0.5, 0.6) is 11.5 Å². The minimum absolute atomic E-state index is 0.116. The Bertz CT molecular complexity index is 595. The number of carbonyl (C=O) groups excluding carboxylic acids is 1. The number of ether oxygens (including phenoxy) is 2. The minimum Gasteiger partial charge on any atom is -0.493 e. The Hall–Kier alpha value is -2.37. The van der Waals surface area contributed by atoms with E-state index >= 15 is 0 Å². The maximum Gasteiger partial charge on any atom is 0.253 e. The van der Waals surface area contributed by atoms with Crippen LogP contribution >= 0.6 is 0 Å². The first-order valence-electron chi connectivity index (χ1n) is 6.92. The average molecular weight is 290 g/mol. The molecule has 0 fully saturated rings. The lowest BCUT2D eigenvalue weighted by Crippen LogP contribution is -2.00. The van der Waals surface area contributed by atoms with E-state index in [1.54, 1.807) is 18.2 Å². The van der Waals surface area contributed by atoms with E-state index in [2.05, 4.69) is 10.2 Å². The maximum atomic E-state index is 11.0. The SMILES string of the molecule is CCCOc1ccc(C=O)c(OCc2nnc(CC)o2)c1. The van der Waals surface area contributed by atoms with Crippen molar-refractivity contribution >= 4 is 6.29 Å². The summed E-state index contributed by atoms with van der Waals surface area (Å²) in [4.78, 5) is 11.0. The fourth-order valence-electron chi connectivity index (χ4n) is 1.68. The van der Waals surface area contributed by atoms with Crippen molar-refractivity contribution in [3.05, 3.63) is 35.5 Å². The van der Waals surface area contributed by atoms with Crippen LogP contribution in [0.15, 0.2) is 22.6 Å². The Balaban J connectivity index is 2.07. The van der Waals surface area contributed by atoms with Crippen molar-refractivity contribution < 1.29 is 18.7 Å². The van der Waals surface area contributed by atoms with Crippen molar-refractivity contribution in [2.75, 3.05) is 6.61 Å². The highest BCUT2D eigenvalue weighted by Gasteiger charge is 2.09. The van der Waals surface area contributed by atoms with Crippen LogP contribution in [-0.4, -0.2) is 23.1 Å². The van der Waals surface area contributed by atoms with Gasteiger partial charge in [-0.1, -0.05) is 13.8 Å². The number of benzene rings is 1. The molecule has 0 aliphatic heterocycles. The Labute approximate surface area is 123 Å². The van der Waals surface area contributed by atoms with Gasteiger partial charge in [0.25, 0.3) is 5.89 Å². The predicted octanol–water partition coefficient (Wildman–Crippen LogP) is 2.81. The molecule has 2 aromatic rings. The van der Waals surface area contributed by atoms with E-state index in [0.717, 1.165) is 12.7 Å². The molecule has 6 nitrogen and oxygen atoms in total. The third-order valence-corrected chi connectivity index (χ3v) is 2.75. The van der Waals surface area contributed by atoms with E-state index < -0.39 is 0 Å². The highest BCUT2D eigenvalue weighted by Crippen LogP contribution is 2.24. The summed E-state index contributed by atoms with van der Waals surface area (Å²) in [7, 11) is 0. The van der Waals surface area contributed by atoms with Crippen molar-refractivity contribution in [2.45, 2.75) is 33.3 Å². The van der Waals surface area contributed by atoms with E-state index in [1.165, 1.54) is 0 Å². The lowest BCUT2D eigenvalue weighted by atomic mass is 10.2. The third kappa shape index (κ3) is 4.05. The fourth-order valence-corrected chi connectivity index (χ4v) is 1.68. The summed E-state index contributed by atoms with van der Waals surface area (Å²) in [5.41, 5.74) is 0.453. The van der Waals surface area contributed by atoms with Crippen LogP contribution in [0, 0.1) is 0 Å². The van der Waals surface area contributed by atoms with Gasteiger partial charge in [0, 0.05) is 12.5 Å². The Morgan fingerprint density at radius 2 is 2.00 bits per heavy atom. The molecule has 0 radical (unpaired) electrons. The average Bonchev–Trinajstić information content (AvgIpc) is 2.99. The van der Waals surface area contributed by atoms with Crippen molar-refractivity contribution in [1.29, 1.82) is 0 Å². The molecule has 0 aliphatic rings.